The molecule has 19 heavy (non-hydrogen) atoms. The highest BCUT2D eigenvalue weighted by Crippen LogP contribution is 2.30. The maximum atomic E-state index is 10.6. The van der Waals surface area contributed by atoms with Crippen LogP contribution in [0.2, 0.25) is 0 Å². The fourth-order valence-corrected chi connectivity index (χ4v) is 2.72. The van der Waals surface area contributed by atoms with Crippen LogP contribution in [0.25, 0.3) is 5.52 Å². The van der Waals surface area contributed by atoms with E-state index in [0.717, 1.165) is 21.2 Å². The third kappa shape index (κ3) is 1.97. The number of hydrogen-bond acceptors (Lipinski definition) is 3. The normalized spacial score (nSPS) is 13.0. The molecule has 0 aromatic carbocycles. The molecule has 0 radical (unpaired) electrons. The molecule has 0 spiro atoms. The van der Waals surface area contributed by atoms with Crippen molar-refractivity contribution in [2.75, 3.05) is 0 Å². The highest BCUT2D eigenvalue weighted by molar-refractivity contribution is 9.10. The molecule has 3 aromatic heterocycles. The third-order valence-corrected chi connectivity index (χ3v) is 3.75. The lowest BCUT2D eigenvalue weighted by atomic mass is 10.1. The van der Waals surface area contributed by atoms with E-state index in [0.29, 0.717) is 6.54 Å². The van der Waals surface area contributed by atoms with Crippen molar-refractivity contribution in [3.63, 3.8) is 0 Å². The molecule has 0 amide bonds. The number of aromatic nitrogens is 4. The number of pyridine rings is 1. The minimum absolute atomic E-state index is 0.706. The molecule has 0 aliphatic rings. The van der Waals surface area contributed by atoms with Gasteiger partial charge in [0.25, 0.3) is 0 Å². The molecule has 5 nitrogen and oxygen atoms in total. The maximum Gasteiger partial charge on any atom is 0.125 e. The number of halogens is 1. The van der Waals surface area contributed by atoms with Crippen molar-refractivity contribution in [1.29, 1.82) is 0 Å². The number of hydrogen-bond donors (Lipinski definition) is 1. The summed E-state index contributed by atoms with van der Waals surface area (Å²) < 4.78 is 4.33. The topological polar surface area (TPSA) is 55.3 Å². The number of aliphatic hydroxyl groups excluding tert-OH is 1. The summed E-state index contributed by atoms with van der Waals surface area (Å²) in [6.45, 7) is 2.70. The van der Waals surface area contributed by atoms with Gasteiger partial charge in [-0.3, -0.25) is 4.68 Å². The van der Waals surface area contributed by atoms with Crippen LogP contribution >= 0.6 is 15.9 Å². The number of aryl methyl sites for hydroxylation is 1. The van der Waals surface area contributed by atoms with Gasteiger partial charge in [-0.15, -0.1) is 0 Å². The molecule has 0 bridgehead atoms. The largest absolute Gasteiger partial charge is 0.382 e. The van der Waals surface area contributed by atoms with Crippen molar-refractivity contribution in [3.05, 3.63) is 52.5 Å². The molecule has 1 N–H and O–H groups in total. The summed E-state index contributed by atoms with van der Waals surface area (Å²) in [5, 5.41) is 19.1. The first-order valence-corrected chi connectivity index (χ1v) is 6.83. The molecule has 0 aliphatic heterocycles. The second kappa shape index (κ2) is 4.79. The first kappa shape index (κ1) is 12.4. The number of fused-ring (bicyclic) bond motifs is 1. The zero-order valence-electron chi connectivity index (χ0n) is 10.4. The van der Waals surface area contributed by atoms with Gasteiger partial charge in [0.05, 0.1) is 28.1 Å². The van der Waals surface area contributed by atoms with E-state index >= 15 is 0 Å². The molecule has 0 aliphatic carbocycles. The maximum absolute atomic E-state index is 10.6. The molecule has 1 atom stereocenters. The van der Waals surface area contributed by atoms with Gasteiger partial charge in [-0.25, -0.2) is 4.52 Å². The van der Waals surface area contributed by atoms with Crippen molar-refractivity contribution < 1.29 is 5.11 Å². The average Bonchev–Trinajstić information content (AvgIpc) is 3.01. The Kier molecular flexibility index (Phi) is 3.12. The predicted molar refractivity (Wildman–Crippen MR) is 74.9 cm³/mol. The molecule has 3 aromatic rings. The van der Waals surface area contributed by atoms with E-state index in [1.165, 1.54) is 0 Å². The summed E-state index contributed by atoms with van der Waals surface area (Å²) in [6, 6.07) is 5.77. The van der Waals surface area contributed by atoms with Crippen LogP contribution < -0.4 is 0 Å². The van der Waals surface area contributed by atoms with Crippen LogP contribution in [0.3, 0.4) is 0 Å². The molecule has 0 fully saturated rings. The van der Waals surface area contributed by atoms with Crippen LogP contribution in [-0.2, 0) is 6.54 Å². The monoisotopic (exact) mass is 320 g/mol. The van der Waals surface area contributed by atoms with Gasteiger partial charge in [-0.05, 0) is 35.0 Å². The van der Waals surface area contributed by atoms with Gasteiger partial charge in [0.15, 0.2) is 0 Å². The van der Waals surface area contributed by atoms with Gasteiger partial charge in [-0.2, -0.15) is 10.2 Å². The fraction of sp³-hybridized carbons (Fsp3) is 0.231. The van der Waals surface area contributed by atoms with Crippen molar-refractivity contribution in [3.8, 4) is 0 Å². The summed E-state index contributed by atoms with van der Waals surface area (Å²) in [4.78, 5) is 0. The molecule has 98 valence electrons. The summed E-state index contributed by atoms with van der Waals surface area (Å²) in [5.41, 5.74) is 2.42. The van der Waals surface area contributed by atoms with Gasteiger partial charge >= 0.3 is 0 Å². The van der Waals surface area contributed by atoms with Gasteiger partial charge in [0.2, 0.25) is 0 Å². The highest BCUT2D eigenvalue weighted by Gasteiger charge is 2.22. The minimum Gasteiger partial charge on any atom is -0.382 e. The summed E-state index contributed by atoms with van der Waals surface area (Å²) in [5.74, 6) is 0. The summed E-state index contributed by atoms with van der Waals surface area (Å²) in [7, 11) is 0. The quantitative estimate of drug-likeness (QED) is 0.806. The Hall–Kier alpha value is -1.66. The molecular formula is C13H13BrN4O. The van der Waals surface area contributed by atoms with E-state index in [4.69, 9.17) is 0 Å². The van der Waals surface area contributed by atoms with Gasteiger partial charge in [-0.1, -0.05) is 6.07 Å². The van der Waals surface area contributed by atoms with E-state index in [-0.39, 0.29) is 0 Å². The Morgan fingerprint density at radius 3 is 2.95 bits per heavy atom. The van der Waals surface area contributed by atoms with Gasteiger partial charge < -0.3 is 5.11 Å². The van der Waals surface area contributed by atoms with E-state index in [9.17, 15) is 5.11 Å². The van der Waals surface area contributed by atoms with E-state index in [1.807, 2.05) is 31.3 Å². The summed E-state index contributed by atoms with van der Waals surface area (Å²) in [6.07, 6.45) is 4.50. The first-order valence-electron chi connectivity index (χ1n) is 6.04. The molecule has 3 rings (SSSR count). The second-order valence-corrected chi connectivity index (χ2v) is 5.08. The average molecular weight is 321 g/mol. The number of aliphatic hydroxyl groups is 1. The van der Waals surface area contributed by atoms with E-state index in [2.05, 4.69) is 26.1 Å². The van der Waals surface area contributed by atoms with Crippen LogP contribution in [-0.4, -0.2) is 24.5 Å². The van der Waals surface area contributed by atoms with Crippen LogP contribution in [0.1, 0.15) is 24.3 Å². The Labute approximate surface area is 118 Å². The predicted octanol–water partition coefficient (Wildman–Crippen LogP) is 2.39. The Bertz CT molecular complexity index is 718. The van der Waals surface area contributed by atoms with Crippen molar-refractivity contribution >= 4 is 21.4 Å². The standard InChI is InChI=1S/C13H13BrN4O/c1-2-17-12(10(14)8-16-17)13(19)9-7-15-18-6-4-3-5-11(9)18/h3-8,13,19H,2H2,1H3. The Morgan fingerprint density at radius 2 is 2.16 bits per heavy atom. The van der Waals surface area contributed by atoms with Crippen molar-refractivity contribution in [1.82, 2.24) is 19.4 Å². The molecule has 1 unspecified atom stereocenters. The lowest BCUT2D eigenvalue weighted by Crippen LogP contribution is -2.09. The van der Waals surface area contributed by atoms with Crippen LogP contribution in [0.15, 0.2) is 41.3 Å². The van der Waals surface area contributed by atoms with Crippen molar-refractivity contribution in [2.45, 2.75) is 19.6 Å². The zero-order chi connectivity index (χ0) is 13.4. The molecule has 0 saturated heterocycles. The third-order valence-electron chi connectivity index (χ3n) is 3.14. The van der Waals surface area contributed by atoms with E-state index in [1.54, 1.807) is 21.6 Å². The zero-order valence-corrected chi connectivity index (χ0v) is 11.9. The molecule has 6 heteroatoms. The SMILES string of the molecule is CCn1ncc(Br)c1C(O)c1cnn2ccccc12. The molecule has 3 heterocycles. The number of nitrogens with zero attached hydrogens (tertiary/aromatic N) is 4. The Balaban J connectivity index is 2.13. The fourth-order valence-electron chi connectivity index (χ4n) is 2.21. The molecule has 0 saturated carbocycles. The highest BCUT2D eigenvalue weighted by atomic mass is 79.9. The molecular weight excluding hydrogens is 308 g/mol. The lowest BCUT2D eigenvalue weighted by Gasteiger charge is -2.12. The van der Waals surface area contributed by atoms with Crippen LogP contribution in [0.4, 0.5) is 0 Å². The smallest absolute Gasteiger partial charge is 0.125 e. The van der Waals surface area contributed by atoms with Crippen LogP contribution in [0.5, 0.6) is 0 Å². The Morgan fingerprint density at radius 1 is 1.32 bits per heavy atom. The summed E-state index contributed by atoms with van der Waals surface area (Å²) >= 11 is 3.44. The van der Waals surface area contributed by atoms with Crippen LogP contribution in [0, 0.1) is 0 Å². The first-order chi connectivity index (χ1) is 9.22. The minimum atomic E-state index is -0.753. The van der Waals surface area contributed by atoms with E-state index < -0.39 is 6.10 Å². The second-order valence-electron chi connectivity index (χ2n) is 4.23. The number of rotatable bonds is 3. The van der Waals surface area contributed by atoms with Gasteiger partial charge in [0, 0.05) is 18.3 Å². The van der Waals surface area contributed by atoms with Crippen molar-refractivity contribution in [2.24, 2.45) is 0 Å². The lowest BCUT2D eigenvalue weighted by molar-refractivity contribution is 0.208. The van der Waals surface area contributed by atoms with Gasteiger partial charge in [0.1, 0.15) is 6.10 Å².